The normalized spacial score (nSPS) is 11.5. The van der Waals surface area contributed by atoms with Crippen molar-refractivity contribution in [1.82, 2.24) is 9.97 Å². The van der Waals surface area contributed by atoms with Gasteiger partial charge in [0.2, 0.25) is 0 Å². The zero-order valence-electron chi connectivity index (χ0n) is 5.52. The van der Waals surface area contributed by atoms with Crippen molar-refractivity contribution in [3.05, 3.63) is 24.3 Å². The molecule has 1 aromatic rings. The van der Waals surface area contributed by atoms with Crippen LogP contribution in [0.25, 0.3) is 0 Å². The predicted molar refractivity (Wildman–Crippen MR) is 36.0 cm³/mol. The molecule has 0 aliphatic heterocycles. The Labute approximate surface area is 58.2 Å². The first-order chi connectivity index (χ1) is 4.84. The molecule has 0 aliphatic rings. The molecule has 0 bridgehead atoms. The minimum Gasteiger partial charge on any atom is -0.411 e. The second kappa shape index (κ2) is 2.91. The summed E-state index contributed by atoms with van der Waals surface area (Å²) in [4.78, 5) is 7.70. The topological polar surface area (TPSA) is 58.4 Å². The van der Waals surface area contributed by atoms with Gasteiger partial charge in [-0.15, -0.1) is 0 Å². The van der Waals surface area contributed by atoms with Gasteiger partial charge in [-0.2, -0.15) is 0 Å². The van der Waals surface area contributed by atoms with Crippen LogP contribution in [0.2, 0.25) is 0 Å². The van der Waals surface area contributed by atoms with Gasteiger partial charge in [-0.3, -0.25) is 9.97 Å². The third kappa shape index (κ3) is 1.28. The van der Waals surface area contributed by atoms with Gasteiger partial charge >= 0.3 is 0 Å². The third-order valence-electron chi connectivity index (χ3n) is 1.08. The lowest BCUT2D eigenvalue weighted by Gasteiger charge is -1.92. The van der Waals surface area contributed by atoms with E-state index in [1.807, 2.05) is 0 Å². The van der Waals surface area contributed by atoms with E-state index < -0.39 is 0 Å². The van der Waals surface area contributed by atoms with E-state index in [0.29, 0.717) is 11.4 Å². The summed E-state index contributed by atoms with van der Waals surface area (Å²) >= 11 is 0. The molecule has 1 rings (SSSR count). The highest BCUT2D eigenvalue weighted by atomic mass is 16.4. The van der Waals surface area contributed by atoms with Crippen molar-refractivity contribution >= 4 is 5.71 Å². The van der Waals surface area contributed by atoms with E-state index in [9.17, 15) is 0 Å². The molecule has 0 spiro atoms. The average Bonchev–Trinajstić information content (AvgIpc) is 2.05. The van der Waals surface area contributed by atoms with Crippen molar-refractivity contribution in [2.24, 2.45) is 5.16 Å². The maximum Gasteiger partial charge on any atom is 0.106 e. The lowest BCUT2D eigenvalue weighted by molar-refractivity contribution is 0.319. The highest BCUT2D eigenvalue weighted by Crippen LogP contribution is 1.91. The zero-order chi connectivity index (χ0) is 7.40. The van der Waals surface area contributed by atoms with Crippen LogP contribution in [0.5, 0.6) is 0 Å². The molecule has 0 atom stereocenters. The molecule has 1 heterocycles. The summed E-state index contributed by atoms with van der Waals surface area (Å²) in [5.74, 6) is 0. The van der Waals surface area contributed by atoms with E-state index in [4.69, 9.17) is 5.21 Å². The fourth-order valence-corrected chi connectivity index (χ4v) is 0.537. The average molecular weight is 137 g/mol. The van der Waals surface area contributed by atoms with Gasteiger partial charge in [0.05, 0.1) is 6.20 Å². The fourth-order valence-electron chi connectivity index (χ4n) is 0.537. The second-order valence-electron chi connectivity index (χ2n) is 1.78. The van der Waals surface area contributed by atoms with E-state index in [0.717, 1.165) is 0 Å². The summed E-state index contributed by atoms with van der Waals surface area (Å²) in [6.07, 6.45) is 4.65. The van der Waals surface area contributed by atoms with Crippen LogP contribution in [0, 0.1) is 0 Å². The van der Waals surface area contributed by atoms with Crippen LogP contribution in [-0.2, 0) is 0 Å². The molecule has 0 unspecified atom stereocenters. The summed E-state index contributed by atoms with van der Waals surface area (Å²) in [5, 5.41) is 11.3. The highest BCUT2D eigenvalue weighted by Gasteiger charge is 1.95. The SMILES string of the molecule is C/C(=N/O)c1cnccn1. The molecular formula is C6H7N3O. The Kier molecular flexibility index (Phi) is 1.94. The smallest absolute Gasteiger partial charge is 0.106 e. The van der Waals surface area contributed by atoms with Crippen LogP contribution in [0.1, 0.15) is 12.6 Å². The van der Waals surface area contributed by atoms with Gasteiger partial charge in [0.25, 0.3) is 0 Å². The van der Waals surface area contributed by atoms with Crippen LogP contribution >= 0.6 is 0 Å². The lowest BCUT2D eigenvalue weighted by Crippen LogP contribution is -1.97. The van der Waals surface area contributed by atoms with Crippen LogP contribution < -0.4 is 0 Å². The largest absolute Gasteiger partial charge is 0.411 e. The van der Waals surface area contributed by atoms with Crippen LogP contribution in [0.15, 0.2) is 23.7 Å². The molecule has 1 aromatic heterocycles. The van der Waals surface area contributed by atoms with Crippen LogP contribution in [0.4, 0.5) is 0 Å². The summed E-state index contributed by atoms with van der Waals surface area (Å²) in [6.45, 7) is 1.66. The Hall–Kier alpha value is -1.45. The van der Waals surface area contributed by atoms with Crippen LogP contribution in [0.3, 0.4) is 0 Å². The molecule has 0 aromatic carbocycles. The van der Waals surface area contributed by atoms with Crippen molar-refractivity contribution in [3.63, 3.8) is 0 Å². The molecule has 4 nitrogen and oxygen atoms in total. The van der Waals surface area contributed by atoms with Gasteiger partial charge in [-0.1, -0.05) is 5.16 Å². The van der Waals surface area contributed by atoms with E-state index in [2.05, 4.69) is 15.1 Å². The predicted octanol–water partition coefficient (Wildman–Crippen LogP) is 0.675. The Balaban J connectivity index is 2.96. The van der Waals surface area contributed by atoms with Gasteiger partial charge in [0, 0.05) is 12.4 Å². The Morgan fingerprint density at radius 1 is 1.60 bits per heavy atom. The monoisotopic (exact) mass is 137 g/mol. The second-order valence-corrected chi connectivity index (χ2v) is 1.78. The molecule has 0 amide bonds. The maximum atomic E-state index is 8.31. The molecule has 4 heteroatoms. The van der Waals surface area contributed by atoms with Gasteiger partial charge < -0.3 is 5.21 Å². The molecule has 0 radical (unpaired) electrons. The summed E-state index contributed by atoms with van der Waals surface area (Å²) < 4.78 is 0. The van der Waals surface area contributed by atoms with Crippen molar-refractivity contribution in [1.29, 1.82) is 0 Å². The van der Waals surface area contributed by atoms with Crippen molar-refractivity contribution < 1.29 is 5.21 Å². The first kappa shape index (κ1) is 6.67. The fraction of sp³-hybridized carbons (Fsp3) is 0.167. The first-order valence-corrected chi connectivity index (χ1v) is 2.79. The molecule has 52 valence electrons. The number of rotatable bonds is 1. The first-order valence-electron chi connectivity index (χ1n) is 2.79. The minimum absolute atomic E-state index is 0.466. The number of hydrogen-bond donors (Lipinski definition) is 1. The standard InChI is InChI=1S/C6H7N3O/c1-5(9-10)6-4-7-2-3-8-6/h2-4,10H,1H3/b9-5-. The van der Waals surface area contributed by atoms with E-state index in [1.54, 1.807) is 19.3 Å². The summed E-state index contributed by atoms with van der Waals surface area (Å²) in [5.41, 5.74) is 1.05. The van der Waals surface area contributed by atoms with Gasteiger partial charge in [0.1, 0.15) is 11.4 Å². The molecule has 0 saturated heterocycles. The van der Waals surface area contributed by atoms with Gasteiger partial charge in [0.15, 0.2) is 0 Å². The Morgan fingerprint density at radius 2 is 2.40 bits per heavy atom. The van der Waals surface area contributed by atoms with Crippen LogP contribution in [-0.4, -0.2) is 20.9 Å². The molecule has 0 aliphatic carbocycles. The zero-order valence-corrected chi connectivity index (χ0v) is 5.52. The number of nitrogens with zero attached hydrogens (tertiary/aromatic N) is 3. The summed E-state index contributed by atoms with van der Waals surface area (Å²) in [7, 11) is 0. The quantitative estimate of drug-likeness (QED) is 0.351. The summed E-state index contributed by atoms with van der Waals surface area (Å²) in [6, 6.07) is 0. The number of hydrogen-bond acceptors (Lipinski definition) is 4. The third-order valence-corrected chi connectivity index (χ3v) is 1.08. The maximum absolute atomic E-state index is 8.31. The minimum atomic E-state index is 0.466. The molecular weight excluding hydrogens is 130 g/mol. The number of oxime groups is 1. The van der Waals surface area contributed by atoms with E-state index in [-0.39, 0.29) is 0 Å². The van der Waals surface area contributed by atoms with E-state index in [1.165, 1.54) is 6.20 Å². The van der Waals surface area contributed by atoms with Gasteiger partial charge in [-0.25, -0.2) is 0 Å². The Morgan fingerprint density at radius 3 is 2.90 bits per heavy atom. The lowest BCUT2D eigenvalue weighted by atomic mass is 10.3. The number of aromatic nitrogens is 2. The highest BCUT2D eigenvalue weighted by molar-refractivity contribution is 5.96. The molecule has 0 fully saturated rings. The van der Waals surface area contributed by atoms with Gasteiger partial charge in [-0.05, 0) is 6.92 Å². The van der Waals surface area contributed by atoms with Crippen molar-refractivity contribution in [3.8, 4) is 0 Å². The molecule has 0 saturated carbocycles. The van der Waals surface area contributed by atoms with E-state index >= 15 is 0 Å². The van der Waals surface area contributed by atoms with Crippen molar-refractivity contribution in [2.45, 2.75) is 6.92 Å². The molecule has 1 N–H and O–H groups in total. The van der Waals surface area contributed by atoms with Crippen molar-refractivity contribution in [2.75, 3.05) is 0 Å². The molecule has 10 heavy (non-hydrogen) atoms. The Bertz CT molecular complexity index is 232.